The summed E-state index contributed by atoms with van der Waals surface area (Å²) in [5.74, 6) is 0.657. The van der Waals surface area contributed by atoms with Crippen molar-refractivity contribution in [1.29, 1.82) is 0 Å². The average molecular weight is 168 g/mol. The molecule has 2 nitrogen and oxygen atoms in total. The van der Waals surface area contributed by atoms with Crippen LogP contribution >= 0.6 is 0 Å². The van der Waals surface area contributed by atoms with Gasteiger partial charge in [0.2, 0.25) is 0 Å². The molecule has 68 valence electrons. The number of carbonyl (C=O) groups is 1. The number of ketones is 1. The molecule has 0 fully saturated rings. The highest BCUT2D eigenvalue weighted by atomic mass is 16.3. The molecule has 0 bridgehead atoms. The first-order chi connectivity index (χ1) is 5.66. The second kappa shape index (κ2) is 3.74. The Balaban J connectivity index is 2.69. The maximum absolute atomic E-state index is 11.0. The van der Waals surface area contributed by atoms with Crippen LogP contribution in [0.25, 0.3) is 0 Å². The molecule has 1 N–H and O–H groups in total. The van der Waals surface area contributed by atoms with Gasteiger partial charge in [-0.2, -0.15) is 0 Å². The number of carbonyl (C=O) groups excluding carboxylic acids is 1. The van der Waals surface area contributed by atoms with Gasteiger partial charge in [-0.05, 0) is 26.2 Å². The van der Waals surface area contributed by atoms with Crippen molar-refractivity contribution in [3.05, 3.63) is 11.3 Å². The van der Waals surface area contributed by atoms with Gasteiger partial charge >= 0.3 is 0 Å². The van der Waals surface area contributed by atoms with Crippen LogP contribution in [-0.4, -0.2) is 10.9 Å². The zero-order chi connectivity index (χ0) is 9.14. The number of hydrogen-bond acceptors (Lipinski definition) is 2. The highest BCUT2D eigenvalue weighted by molar-refractivity contribution is 5.94. The van der Waals surface area contributed by atoms with Gasteiger partial charge in [0, 0.05) is 11.5 Å². The summed E-state index contributed by atoms with van der Waals surface area (Å²) in [6.45, 7) is 3.62. The fourth-order valence-electron chi connectivity index (χ4n) is 1.82. The fourth-order valence-corrected chi connectivity index (χ4v) is 1.82. The van der Waals surface area contributed by atoms with E-state index in [9.17, 15) is 9.90 Å². The topological polar surface area (TPSA) is 37.3 Å². The molecule has 0 aromatic carbocycles. The van der Waals surface area contributed by atoms with Gasteiger partial charge in [0.1, 0.15) is 5.76 Å². The van der Waals surface area contributed by atoms with Crippen LogP contribution < -0.4 is 0 Å². The fraction of sp³-hybridized carbons (Fsp3) is 0.700. The molecule has 0 saturated carbocycles. The molecule has 0 aromatic rings. The molecule has 0 aromatic heterocycles. The highest BCUT2D eigenvalue weighted by Gasteiger charge is 2.26. The lowest BCUT2D eigenvalue weighted by Crippen LogP contribution is -2.00. The monoisotopic (exact) mass is 168 g/mol. The first-order valence-electron chi connectivity index (χ1n) is 4.59. The lowest BCUT2D eigenvalue weighted by Gasteiger charge is -2.07. The third kappa shape index (κ3) is 1.68. The molecule has 1 aliphatic rings. The van der Waals surface area contributed by atoms with Crippen LogP contribution in [0.2, 0.25) is 0 Å². The predicted octanol–water partition coefficient (Wildman–Crippen LogP) is 2.60. The van der Waals surface area contributed by atoms with E-state index in [1.165, 1.54) is 6.92 Å². The molecule has 1 aliphatic carbocycles. The first kappa shape index (κ1) is 9.30. The molecule has 12 heavy (non-hydrogen) atoms. The Morgan fingerprint density at radius 3 is 2.75 bits per heavy atom. The van der Waals surface area contributed by atoms with Crippen molar-refractivity contribution in [2.24, 2.45) is 5.92 Å². The quantitative estimate of drug-likeness (QED) is 0.703. The molecule has 0 saturated heterocycles. The van der Waals surface area contributed by atoms with Crippen molar-refractivity contribution in [3.63, 3.8) is 0 Å². The lowest BCUT2D eigenvalue weighted by molar-refractivity contribution is -0.113. The van der Waals surface area contributed by atoms with Crippen LogP contribution in [0.15, 0.2) is 11.3 Å². The zero-order valence-corrected chi connectivity index (χ0v) is 7.76. The van der Waals surface area contributed by atoms with E-state index in [-0.39, 0.29) is 11.7 Å². The van der Waals surface area contributed by atoms with Crippen molar-refractivity contribution in [1.82, 2.24) is 0 Å². The van der Waals surface area contributed by atoms with Crippen molar-refractivity contribution >= 4 is 5.78 Å². The van der Waals surface area contributed by atoms with E-state index in [1.54, 1.807) is 0 Å². The summed E-state index contributed by atoms with van der Waals surface area (Å²) in [7, 11) is 0. The highest BCUT2D eigenvalue weighted by Crippen LogP contribution is 2.33. The summed E-state index contributed by atoms with van der Waals surface area (Å²) in [6.07, 6.45) is 3.79. The van der Waals surface area contributed by atoms with Crippen molar-refractivity contribution < 1.29 is 9.90 Å². The average Bonchev–Trinajstić information content (AvgIpc) is 2.34. The second-order valence-corrected chi connectivity index (χ2v) is 3.44. The third-order valence-corrected chi connectivity index (χ3v) is 2.50. The Hall–Kier alpha value is -0.790. The maximum atomic E-state index is 11.0. The van der Waals surface area contributed by atoms with E-state index in [0.29, 0.717) is 11.3 Å². The minimum Gasteiger partial charge on any atom is -0.512 e. The van der Waals surface area contributed by atoms with Crippen LogP contribution in [0.3, 0.4) is 0 Å². The van der Waals surface area contributed by atoms with Crippen LogP contribution in [-0.2, 0) is 4.79 Å². The Kier molecular flexibility index (Phi) is 2.90. The molecule has 1 rings (SSSR count). The van der Waals surface area contributed by atoms with Gasteiger partial charge in [-0.1, -0.05) is 13.3 Å². The van der Waals surface area contributed by atoms with Crippen LogP contribution in [0, 0.1) is 5.92 Å². The Morgan fingerprint density at radius 2 is 2.33 bits per heavy atom. The van der Waals surface area contributed by atoms with Gasteiger partial charge in [-0.3, -0.25) is 4.79 Å². The standard InChI is InChI=1S/C10H16O2/c1-3-4-8-5-6-9(7(2)11)10(8)12/h8,12H,3-6H2,1-2H3. The number of aliphatic hydroxyl groups is 1. The van der Waals surface area contributed by atoms with Gasteiger partial charge in [0.25, 0.3) is 0 Å². The first-order valence-corrected chi connectivity index (χ1v) is 4.59. The van der Waals surface area contributed by atoms with Gasteiger partial charge in [0.05, 0.1) is 0 Å². The minimum absolute atomic E-state index is 0.0334. The van der Waals surface area contributed by atoms with Crippen molar-refractivity contribution in [2.45, 2.75) is 39.5 Å². The number of rotatable bonds is 3. The van der Waals surface area contributed by atoms with Gasteiger partial charge in [-0.15, -0.1) is 0 Å². The van der Waals surface area contributed by atoms with Gasteiger partial charge in [0.15, 0.2) is 5.78 Å². The smallest absolute Gasteiger partial charge is 0.159 e. The molecular weight excluding hydrogens is 152 g/mol. The summed E-state index contributed by atoms with van der Waals surface area (Å²) in [5, 5.41) is 9.61. The number of hydrogen-bond donors (Lipinski definition) is 1. The van der Waals surface area contributed by atoms with Crippen LogP contribution in [0.1, 0.15) is 39.5 Å². The molecule has 0 radical (unpaired) electrons. The van der Waals surface area contributed by atoms with E-state index in [0.717, 1.165) is 25.7 Å². The van der Waals surface area contributed by atoms with E-state index >= 15 is 0 Å². The largest absolute Gasteiger partial charge is 0.512 e. The molecule has 0 heterocycles. The van der Waals surface area contributed by atoms with Gasteiger partial charge < -0.3 is 5.11 Å². The summed E-state index contributed by atoms with van der Waals surface area (Å²) in [5.41, 5.74) is 0.661. The summed E-state index contributed by atoms with van der Waals surface area (Å²) >= 11 is 0. The maximum Gasteiger partial charge on any atom is 0.159 e. The third-order valence-electron chi connectivity index (χ3n) is 2.50. The molecule has 0 amide bonds. The van der Waals surface area contributed by atoms with Crippen LogP contribution in [0.4, 0.5) is 0 Å². The molecule has 1 unspecified atom stereocenters. The van der Waals surface area contributed by atoms with Crippen molar-refractivity contribution in [2.75, 3.05) is 0 Å². The normalized spacial score (nSPS) is 23.3. The van der Waals surface area contributed by atoms with E-state index in [2.05, 4.69) is 6.92 Å². The summed E-state index contributed by atoms with van der Waals surface area (Å²) in [6, 6.07) is 0. The van der Waals surface area contributed by atoms with Crippen LogP contribution in [0.5, 0.6) is 0 Å². The summed E-state index contributed by atoms with van der Waals surface area (Å²) < 4.78 is 0. The molecular formula is C10H16O2. The summed E-state index contributed by atoms with van der Waals surface area (Å²) in [4.78, 5) is 11.0. The van der Waals surface area contributed by atoms with E-state index in [1.807, 2.05) is 0 Å². The second-order valence-electron chi connectivity index (χ2n) is 3.44. The minimum atomic E-state index is 0.0334. The number of aliphatic hydroxyl groups excluding tert-OH is 1. The predicted molar refractivity (Wildman–Crippen MR) is 48.0 cm³/mol. The zero-order valence-electron chi connectivity index (χ0n) is 7.76. The van der Waals surface area contributed by atoms with Crippen molar-refractivity contribution in [3.8, 4) is 0 Å². The number of Topliss-reactive ketones (excluding diaryl/α,β-unsaturated/α-hetero) is 1. The molecule has 0 aliphatic heterocycles. The molecule has 2 heteroatoms. The van der Waals surface area contributed by atoms with E-state index < -0.39 is 0 Å². The Morgan fingerprint density at radius 1 is 1.67 bits per heavy atom. The number of allylic oxidation sites excluding steroid dienone is 2. The van der Waals surface area contributed by atoms with Gasteiger partial charge in [-0.25, -0.2) is 0 Å². The Bertz CT molecular complexity index is 216. The molecule has 0 spiro atoms. The SMILES string of the molecule is CCCC1CCC(C(C)=O)=C1O. The Labute approximate surface area is 73.3 Å². The lowest BCUT2D eigenvalue weighted by atomic mass is 10.0. The van der Waals surface area contributed by atoms with E-state index in [4.69, 9.17) is 0 Å². The molecule has 1 atom stereocenters.